The number of thiazole rings is 1. The van der Waals surface area contributed by atoms with Crippen molar-refractivity contribution in [3.63, 3.8) is 0 Å². The van der Waals surface area contributed by atoms with Gasteiger partial charge in [-0.2, -0.15) is 0 Å². The monoisotopic (exact) mass is 240 g/mol. The van der Waals surface area contributed by atoms with Gasteiger partial charge in [0.15, 0.2) is 5.69 Å². The summed E-state index contributed by atoms with van der Waals surface area (Å²) in [6, 6.07) is 0. The second kappa shape index (κ2) is 4.05. The zero-order valence-electron chi connectivity index (χ0n) is 9.49. The van der Waals surface area contributed by atoms with Gasteiger partial charge in [-0.15, -0.1) is 11.3 Å². The molecule has 2 N–H and O–H groups in total. The molecule has 0 aliphatic heterocycles. The van der Waals surface area contributed by atoms with E-state index >= 15 is 0 Å². The molecule has 0 saturated heterocycles. The number of aromatic nitrogens is 1. The molecule has 4 nitrogen and oxygen atoms in total. The Balaban J connectivity index is 2.00. The molecule has 1 fully saturated rings. The molecule has 1 aromatic heterocycles. The maximum absolute atomic E-state index is 10.9. The van der Waals surface area contributed by atoms with E-state index in [1.807, 2.05) is 0 Å². The Kier molecular flexibility index (Phi) is 2.88. The third-order valence-corrected chi connectivity index (χ3v) is 4.27. The largest absolute Gasteiger partial charge is 0.476 e. The number of nitrogens with one attached hydrogen (secondary N) is 1. The molecule has 1 aliphatic rings. The van der Waals surface area contributed by atoms with Crippen LogP contribution in [0, 0.1) is 11.3 Å². The third kappa shape index (κ3) is 2.04. The highest BCUT2D eigenvalue weighted by atomic mass is 32.1. The van der Waals surface area contributed by atoms with Gasteiger partial charge in [-0.25, -0.2) is 9.78 Å². The van der Waals surface area contributed by atoms with Crippen molar-refractivity contribution < 1.29 is 9.90 Å². The van der Waals surface area contributed by atoms with E-state index in [0.717, 1.165) is 6.54 Å². The molecule has 88 valence electrons. The lowest BCUT2D eigenvalue weighted by Crippen LogP contribution is -2.21. The van der Waals surface area contributed by atoms with Gasteiger partial charge in [-0.1, -0.05) is 13.8 Å². The number of rotatable bonds is 5. The van der Waals surface area contributed by atoms with Crippen LogP contribution >= 0.6 is 11.3 Å². The molecule has 0 aromatic carbocycles. The first-order valence-corrected chi connectivity index (χ1v) is 6.34. The van der Waals surface area contributed by atoms with E-state index in [0.29, 0.717) is 16.3 Å². The fraction of sp³-hybridized carbons (Fsp3) is 0.636. The average Bonchev–Trinajstić information content (AvgIpc) is 2.86. The van der Waals surface area contributed by atoms with Crippen LogP contribution < -0.4 is 5.32 Å². The topological polar surface area (TPSA) is 62.2 Å². The Morgan fingerprint density at radius 1 is 1.69 bits per heavy atom. The maximum Gasteiger partial charge on any atom is 0.357 e. The van der Waals surface area contributed by atoms with Crippen LogP contribution in [-0.4, -0.2) is 22.6 Å². The molecular formula is C11H16N2O2S. The number of hydrogen-bond donors (Lipinski definition) is 2. The van der Waals surface area contributed by atoms with Crippen molar-refractivity contribution in [1.82, 2.24) is 4.98 Å². The van der Waals surface area contributed by atoms with E-state index in [1.165, 1.54) is 24.2 Å². The predicted molar refractivity (Wildman–Crippen MR) is 64.1 cm³/mol. The average molecular weight is 240 g/mol. The molecule has 1 aliphatic carbocycles. The van der Waals surface area contributed by atoms with Crippen molar-refractivity contribution in [3.05, 3.63) is 11.2 Å². The van der Waals surface area contributed by atoms with Crippen LogP contribution in [0.4, 0.5) is 5.00 Å². The summed E-state index contributed by atoms with van der Waals surface area (Å²) in [7, 11) is 0. The minimum Gasteiger partial charge on any atom is -0.476 e. The zero-order valence-corrected chi connectivity index (χ0v) is 10.3. The van der Waals surface area contributed by atoms with Gasteiger partial charge in [-0.05, 0) is 24.2 Å². The zero-order chi connectivity index (χ0) is 11.8. The minimum atomic E-state index is -0.960. The summed E-state index contributed by atoms with van der Waals surface area (Å²) in [6.45, 7) is 5.30. The van der Waals surface area contributed by atoms with Crippen molar-refractivity contribution >= 4 is 22.3 Å². The summed E-state index contributed by atoms with van der Waals surface area (Å²) < 4.78 is 0. The van der Waals surface area contributed by atoms with Crippen LogP contribution in [0.3, 0.4) is 0 Å². The molecule has 0 amide bonds. The first-order valence-electron chi connectivity index (χ1n) is 5.46. The Labute approximate surface area is 98.7 Å². The minimum absolute atomic E-state index is 0.143. The Morgan fingerprint density at radius 3 is 2.88 bits per heavy atom. The van der Waals surface area contributed by atoms with Crippen molar-refractivity contribution in [2.75, 3.05) is 11.9 Å². The van der Waals surface area contributed by atoms with E-state index < -0.39 is 5.97 Å². The lowest BCUT2D eigenvalue weighted by molar-refractivity contribution is 0.0692. The van der Waals surface area contributed by atoms with Gasteiger partial charge in [0.25, 0.3) is 0 Å². The molecular weight excluding hydrogens is 224 g/mol. The van der Waals surface area contributed by atoms with E-state index in [1.54, 1.807) is 5.51 Å². The molecule has 2 rings (SSSR count). The predicted octanol–water partition coefficient (Wildman–Crippen LogP) is 2.69. The SMILES string of the molecule is CC(C)C1(CNc2scnc2C(=O)O)CC1. The van der Waals surface area contributed by atoms with Gasteiger partial charge in [0.2, 0.25) is 0 Å². The number of aromatic carboxylic acids is 1. The summed E-state index contributed by atoms with van der Waals surface area (Å²) in [5.41, 5.74) is 2.09. The van der Waals surface area contributed by atoms with E-state index in [-0.39, 0.29) is 5.69 Å². The number of carboxylic acid groups (broad SMARTS) is 1. The molecule has 16 heavy (non-hydrogen) atoms. The van der Waals surface area contributed by atoms with E-state index in [2.05, 4.69) is 24.1 Å². The van der Waals surface area contributed by atoms with Gasteiger partial charge in [0, 0.05) is 6.54 Å². The smallest absolute Gasteiger partial charge is 0.357 e. The van der Waals surface area contributed by atoms with Crippen LogP contribution in [0.2, 0.25) is 0 Å². The first kappa shape index (κ1) is 11.4. The number of carbonyl (C=O) groups is 1. The molecule has 0 bridgehead atoms. The summed E-state index contributed by atoms with van der Waals surface area (Å²) >= 11 is 1.36. The van der Waals surface area contributed by atoms with Crippen molar-refractivity contribution in [1.29, 1.82) is 0 Å². The number of hydrogen-bond acceptors (Lipinski definition) is 4. The summed E-state index contributed by atoms with van der Waals surface area (Å²) in [4.78, 5) is 14.7. The lowest BCUT2D eigenvalue weighted by atomic mass is 9.92. The van der Waals surface area contributed by atoms with Crippen LogP contribution in [0.25, 0.3) is 0 Å². The molecule has 1 aromatic rings. The molecule has 0 spiro atoms. The highest BCUT2D eigenvalue weighted by Crippen LogP contribution is 2.51. The van der Waals surface area contributed by atoms with Crippen LogP contribution in [0.1, 0.15) is 37.2 Å². The van der Waals surface area contributed by atoms with E-state index in [4.69, 9.17) is 5.11 Å². The quantitative estimate of drug-likeness (QED) is 0.830. The summed E-state index contributed by atoms with van der Waals surface area (Å²) in [6.07, 6.45) is 2.47. The highest BCUT2D eigenvalue weighted by Gasteiger charge is 2.45. The molecule has 1 heterocycles. The molecule has 0 radical (unpaired) electrons. The second-order valence-electron chi connectivity index (χ2n) is 4.71. The summed E-state index contributed by atoms with van der Waals surface area (Å²) in [5.74, 6) is -0.320. The fourth-order valence-corrected chi connectivity index (χ4v) is 2.57. The first-order chi connectivity index (χ1) is 7.55. The Morgan fingerprint density at radius 2 is 2.38 bits per heavy atom. The van der Waals surface area contributed by atoms with Gasteiger partial charge in [0.1, 0.15) is 5.00 Å². The van der Waals surface area contributed by atoms with E-state index in [9.17, 15) is 4.79 Å². The highest BCUT2D eigenvalue weighted by molar-refractivity contribution is 7.14. The van der Waals surface area contributed by atoms with Crippen molar-refractivity contribution in [2.45, 2.75) is 26.7 Å². The fourth-order valence-electron chi connectivity index (χ4n) is 1.90. The normalized spacial score (nSPS) is 17.4. The second-order valence-corrected chi connectivity index (χ2v) is 5.56. The Hall–Kier alpha value is -1.10. The van der Waals surface area contributed by atoms with Crippen LogP contribution in [-0.2, 0) is 0 Å². The number of carboxylic acids is 1. The van der Waals surface area contributed by atoms with Crippen molar-refractivity contribution in [2.24, 2.45) is 11.3 Å². The molecule has 0 unspecified atom stereocenters. The van der Waals surface area contributed by atoms with Crippen LogP contribution in [0.15, 0.2) is 5.51 Å². The summed E-state index contributed by atoms with van der Waals surface area (Å²) in [5, 5.41) is 12.8. The van der Waals surface area contributed by atoms with Crippen molar-refractivity contribution in [3.8, 4) is 0 Å². The van der Waals surface area contributed by atoms with Gasteiger partial charge in [-0.3, -0.25) is 0 Å². The molecule has 1 saturated carbocycles. The lowest BCUT2D eigenvalue weighted by Gasteiger charge is -2.20. The standard InChI is InChI=1S/C11H16N2O2S/c1-7(2)11(3-4-11)5-12-9-8(10(14)15)13-6-16-9/h6-7,12H,3-5H2,1-2H3,(H,14,15). The molecule has 5 heteroatoms. The number of nitrogens with zero attached hydrogens (tertiary/aromatic N) is 1. The van der Waals surface area contributed by atoms with Crippen LogP contribution in [0.5, 0.6) is 0 Å². The van der Waals surface area contributed by atoms with Gasteiger partial charge >= 0.3 is 5.97 Å². The maximum atomic E-state index is 10.9. The third-order valence-electron chi connectivity index (χ3n) is 3.49. The Bertz CT molecular complexity index is 396. The van der Waals surface area contributed by atoms with Gasteiger partial charge in [0.05, 0.1) is 5.51 Å². The molecule has 0 atom stereocenters. The van der Waals surface area contributed by atoms with Gasteiger partial charge < -0.3 is 10.4 Å². The number of anilines is 1.